The highest BCUT2D eigenvalue weighted by molar-refractivity contribution is 6.40. The first kappa shape index (κ1) is 47.1. The Morgan fingerprint density at radius 2 is 0.797 bits per heavy atom. The van der Waals surface area contributed by atoms with Crippen LogP contribution in [-0.4, -0.2) is 73.9 Å². The number of carbonyl (C=O) groups is 9. The molecule has 0 unspecified atom stereocenters. The first-order valence-corrected chi connectivity index (χ1v) is 22.4. The van der Waals surface area contributed by atoms with Crippen molar-refractivity contribution in [2.24, 2.45) is 0 Å². The van der Waals surface area contributed by atoms with Crippen LogP contribution in [-0.2, 0) is 9.59 Å². The quantitative estimate of drug-likeness (QED) is 0.0385. The summed E-state index contributed by atoms with van der Waals surface area (Å²) < 4.78 is 5.71. The molecule has 0 saturated heterocycles. The van der Waals surface area contributed by atoms with Gasteiger partial charge in [0.2, 0.25) is 0 Å². The Kier molecular flexibility index (Phi) is 11.6. The maximum atomic E-state index is 14.9. The van der Waals surface area contributed by atoms with E-state index in [1.165, 1.54) is 91.0 Å². The number of aliphatic carboxylic acids is 2. The van der Waals surface area contributed by atoms with Crippen LogP contribution in [0.25, 0.3) is 56.0 Å². The third kappa shape index (κ3) is 8.18. The van der Waals surface area contributed by atoms with Crippen molar-refractivity contribution in [3.8, 4) is 28.0 Å². The molecular weight excluding hydrogens is 949 g/mol. The van der Waals surface area contributed by atoms with E-state index in [1.807, 2.05) is 6.92 Å². The van der Waals surface area contributed by atoms with Crippen LogP contribution < -0.4 is 14.5 Å². The summed E-state index contributed by atoms with van der Waals surface area (Å²) in [5.41, 5.74) is 1.88. The Labute approximate surface area is 417 Å². The van der Waals surface area contributed by atoms with E-state index < -0.39 is 53.5 Å². The minimum Gasteiger partial charge on any atom is -0.478 e. The summed E-state index contributed by atoms with van der Waals surface area (Å²) in [7, 11) is 0. The molecule has 4 N–H and O–H groups in total. The number of nitrogens with zero attached hydrogens (tertiary/aromatic N) is 2. The molecule has 2 aliphatic rings. The van der Waals surface area contributed by atoms with E-state index in [0.29, 0.717) is 33.4 Å². The lowest BCUT2D eigenvalue weighted by Crippen LogP contribution is -2.42. The predicted octanol–water partition coefficient (Wildman–Crippen LogP) is 10.0. The standard InChI is InChI=1S/C58H34N2O14/c1-29-2-14-37(15-3-29)74-58(73)34-26-35(59-52(65)40-18-16-38(32-10-4-30(5-11-32)8-24-46(61)62)48-44(56(69)70)22-20-42(50(40)48)54(59)67)28-36(27-34)60-53(66)41-19-17-39(33-12-6-31(7-13-33)9-25-47(63)64)49-45(57(71)72)23-21-43(51(41)49)55(60)68/h2-28H,1H3,(H,61,62)(H,63,64)(H,69,70)(H,71,72)/b24-8+,25-9+. The second-order valence-corrected chi connectivity index (χ2v) is 17.2. The van der Waals surface area contributed by atoms with Crippen molar-refractivity contribution in [2.75, 3.05) is 9.80 Å². The van der Waals surface area contributed by atoms with Gasteiger partial charge in [-0.25, -0.2) is 33.8 Å². The lowest BCUT2D eigenvalue weighted by Gasteiger charge is -2.31. The van der Waals surface area contributed by atoms with Crippen molar-refractivity contribution in [3.63, 3.8) is 0 Å². The van der Waals surface area contributed by atoms with Crippen LogP contribution in [0.1, 0.15) is 89.2 Å². The number of aromatic carboxylic acids is 2. The lowest BCUT2D eigenvalue weighted by molar-refractivity contribution is -0.132. The van der Waals surface area contributed by atoms with Gasteiger partial charge in [0, 0.05) is 56.0 Å². The van der Waals surface area contributed by atoms with Crippen molar-refractivity contribution in [1.82, 2.24) is 0 Å². The summed E-state index contributed by atoms with van der Waals surface area (Å²) in [6.07, 6.45) is 4.67. The lowest BCUT2D eigenvalue weighted by atomic mass is 9.86. The van der Waals surface area contributed by atoms with Gasteiger partial charge in [-0.1, -0.05) is 78.4 Å². The van der Waals surface area contributed by atoms with Crippen molar-refractivity contribution in [2.45, 2.75) is 6.92 Å². The summed E-state index contributed by atoms with van der Waals surface area (Å²) in [5, 5.41) is 39.2. The van der Waals surface area contributed by atoms with Gasteiger partial charge < -0.3 is 25.2 Å². The molecular formula is C58H34N2O14. The Balaban J connectivity index is 1.11. The van der Waals surface area contributed by atoms with Crippen molar-refractivity contribution >= 4 is 98.5 Å². The molecule has 0 saturated carbocycles. The number of benzene rings is 8. The number of amides is 4. The average Bonchev–Trinajstić information content (AvgIpc) is 3.38. The van der Waals surface area contributed by atoms with Crippen LogP contribution in [0.4, 0.5) is 11.4 Å². The van der Waals surface area contributed by atoms with Crippen molar-refractivity contribution in [3.05, 3.63) is 207 Å². The van der Waals surface area contributed by atoms with Gasteiger partial charge in [-0.05, 0) is 119 Å². The number of hydrogen-bond acceptors (Lipinski definition) is 10. The molecule has 2 heterocycles. The second kappa shape index (κ2) is 18.3. The Morgan fingerprint density at radius 3 is 1.16 bits per heavy atom. The zero-order valence-electron chi connectivity index (χ0n) is 38.4. The molecule has 0 spiro atoms. The molecule has 0 radical (unpaired) electrons. The number of esters is 1. The molecule has 360 valence electrons. The molecule has 4 amide bonds. The van der Waals surface area contributed by atoms with E-state index in [1.54, 1.807) is 60.7 Å². The van der Waals surface area contributed by atoms with Crippen LogP contribution in [0.2, 0.25) is 0 Å². The monoisotopic (exact) mass is 982 g/mol. The molecule has 0 bridgehead atoms. The molecule has 8 aromatic rings. The van der Waals surface area contributed by atoms with E-state index in [9.17, 15) is 53.4 Å². The Morgan fingerprint density at radius 1 is 0.432 bits per heavy atom. The fourth-order valence-corrected chi connectivity index (χ4v) is 9.30. The molecule has 0 aliphatic carbocycles. The highest BCUT2D eigenvalue weighted by Gasteiger charge is 2.40. The van der Waals surface area contributed by atoms with E-state index in [4.69, 9.17) is 14.9 Å². The molecule has 74 heavy (non-hydrogen) atoms. The topological polar surface area (TPSA) is 250 Å². The van der Waals surface area contributed by atoms with Gasteiger partial charge in [0.1, 0.15) is 5.75 Å². The van der Waals surface area contributed by atoms with Gasteiger partial charge >= 0.3 is 29.8 Å². The highest BCUT2D eigenvalue weighted by atomic mass is 16.5. The van der Waals surface area contributed by atoms with E-state index in [-0.39, 0.29) is 77.6 Å². The van der Waals surface area contributed by atoms with E-state index in [0.717, 1.165) is 27.5 Å². The summed E-state index contributed by atoms with van der Waals surface area (Å²) in [6, 6.07) is 33.9. The number of rotatable bonds is 12. The normalized spacial score (nSPS) is 13.1. The number of carboxylic acids is 4. The largest absolute Gasteiger partial charge is 0.478 e. The number of hydrogen-bond donors (Lipinski definition) is 4. The van der Waals surface area contributed by atoms with Gasteiger partial charge in [-0.3, -0.25) is 19.2 Å². The Hall–Kier alpha value is -10.6. The highest BCUT2D eigenvalue weighted by Crippen LogP contribution is 2.44. The molecule has 16 heteroatoms. The number of ether oxygens (including phenoxy) is 1. The third-order valence-electron chi connectivity index (χ3n) is 12.7. The van der Waals surface area contributed by atoms with Gasteiger partial charge in [0.25, 0.3) is 23.6 Å². The van der Waals surface area contributed by atoms with Gasteiger partial charge in [0.15, 0.2) is 0 Å². The molecule has 0 aromatic heterocycles. The van der Waals surface area contributed by atoms with E-state index in [2.05, 4.69) is 0 Å². The zero-order valence-corrected chi connectivity index (χ0v) is 38.4. The van der Waals surface area contributed by atoms with Gasteiger partial charge in [-0.2, -0.15) is 0 Å². The number of anilines is 2. The van der Waals surface area contributed by atoms with Crippen LogP contribution in [0.5, 0.6) is 5.75 Å². The second-order valence-electron chi connectivity index (χ2n) is 17.2. The summed E-state index contributed by atoms with van der Waals surface area (Å²) in [5.74, 6) is -9.69. The molecule has 16 nitrogen and oxygen atoms in total. The first-order valence-electron chi connectivity index (χ1n) is 22.4. The molecule has 10 rings (SSSR count). The number of aryl methyl sites for hydroxylation is 1. The third-order valence-corrected chi connectivity index (χ3v) is 12.7. The Bertz CT molecular complexity index is 3660. The van der Waals surface area contributed by atoms with Crippen LogP contribution in [0.15, 0.2) is 152 Å². The zero-order chi connectivity index (χ0) is 52.3. The summed E-state index contributed by atoms with van der Waals surface area (Å²) >= 11 is 0. The minimum absolute atomic E-state index is 0.0239. The molecule has 2 aliphatic heterocycles. The van der Waals surface area contributed by atoms with Gasteiger partial charge in [-0.15, -0.1) is 0 Å². The SMILES string of the molecule is Cc1ccc(OC(=O)c2cc(N3C(=O)c4ccc(C(=O)O)c5c(-c6ccc(/C=C/C(=O)O)cc6)ccc(c45)C3=O)cc(N3C(=O)c4ccc(C(=O)O)c5c(-c6ccc(/C=C/C(=O)O)cc6)ccc(c45)C3=O)c2)cc1. The number of imide groups is 2. The van der Waals surface area contributed by atoms with Crippen LogP contribution in [0, 0.1) is 6.92 Å². The predicted molar refractivity (Wildman–Crippen MR) is 271 cm³/mol. The smallest absolute Gasteiger partial charge is 0.343 e. The minimum atomic E-state index is -1.35. The van der Waals surface area contributed by atoms with Gasteiger partial charge in [0.05, 0.1) is 28.1 Å². The number of carbonyl (C=O) groups excluding carboxylic acids is 5. The summed E-state index contributed by atoms with van der Waals surface area (Å²) in [4.78, 5) is 123. The molecule has 0 atom stereocenters. The van der Waals surface area contributed by atoms with Crippen molar-refractivity contribution in [1.29, 1.82) is 0 Å². The maximum absolute atomic E-state index is 14.9. The van der Waals surface area contributed by atoms with E-state index >= 15 is 0 Å². The average molecular weight is 983 g/mol. The maximum Gasteiger partial charge on any atom is 0.343 e. The fraction of sp³-hybridized carbons (Fsp3) is 0.0172. The van der Waals surface area contributed by atoms with Crippen LogP contribution >= 0.6 is 0 Å². The summed E-state index contributed by atoms with van der Waals surface area (Å²) in [6.45, 7) is 1.83. The van der Waals surface area contributed by atoms with Crippen molar-refractivity contribution < 1.29 is 68.3 Å². The molecule has 0 fully saturated rings. The number of carboxylic acid groups (broad SMARTS) is 4. The molecule has 8 aromatic carbocycles. The van der Waals surface area contributed by atoms with Crippen LogP contribution in [0.3, 0.4) is 0 Å². The first-order chi connectivity index (χ1) is 35.5. The fourth-order valence-electron chi connectivity index (χ4n) is 9.30.